The molecule has 0 aliphatic heterocycles. The van der Waals surface area contributed by atoms with E-state index in [2.05, 4.69) is 91.2 Å². The van der Waals surface area contributed by atoms with Crippen LogP contribution in [0.5, 0.6) is 0 Å². The average Bonchev–Trinajstić information content (AvgIpc) is 3.89. The van der Waals surface area contributed by atoms with Crippen LogP contribution < -0.4 is 0 Å². The first-order valence-electron chi connectivity index (χ1n) is 18.6. The summed E-state index contributed by atoms with van der Waals surface area (Å²) in [5.74, 6) is 2.49. The van der Waals surface area contributed by atoms with Crippen LogP contribution in [0.4, 0.5) is 0 Å². The SMILES string of the molecule is CC1(C)c2ccc(-c3ccc4c(c3)c3ccccc3n4-c3nc(-c4ccccc4)nc(-c4ccccc4)n3)cc2-c2ccc3oc(-c4ccccc4)nc3c21. The van der Waals surface area contributed by atoms with Gasteiger partial charge in [0.05, 0.1) is 11.0 Å². The molecule has 0 unspecified atom stereocenters. The van der Waals surface area contributed by atoms with Crippen molar-refractivity contribution in [1.29, 1.82) is 0 Å². The van der Waals surface area contributed by atoms with E-state index in [1.54, 1.807) is 0 Å². The Kier molecular flexibility index (Phi) is 6.79. The fraction of sp³-hybridized carbons (Fsp3) is 0.0612. The van der Waals surface area contributed by atoms with Crippen LogP contribution in [-0.2, 0) is 5.41 Å². The Balaban J connectivity index is 1.06. The van der Waals surface area contributed by atoms with Crippen LogP contribution in [0.1, 0.15) is 25.0 Å². The zero-order valence-electron chi connectivity index (χ0n) is 30.2. The van der Waals surface area contributed by atoms with E-state index in [0.717, 1.165) is 60.7 Å². The van der Waals surface area contributed by atoms with Gasteiger partial charge in [0, 0.05) is 32.9 Å². The number of benzene rings is 7. The minimum absolute atomic E-state index is 0.243. The molecule has 7 aromatic carbocycles. The molecule has 11 rings (SSSR count). The molecule has 1 aliphatic rings. The summed E-state index contributed by atoms with van der Waals surface area (Å²) in [6, 6.07) is 56.7. The normalized spacial score (nSPS) is 13.1. The summed E-state index contributed by atoms with van der Waals surface area (Å²) in [5.41, 5.74) is 13.7. The quantitative estimate of drug-likeness (QED) is 0.178. The number of aromatic nitrogens is 5. The Morgan fingerprint density at radius 3 is 1.78 bits per heavy atom. The summed E-state index contributed by atoms with van der Waals surface area (Å²) < 4.78 is 8.48. The molecule has 0 spiro atoms. The van der Waals surface area contributed by atoms with Gasteiger partial charge >= 0.3 is 0 Å². The Bertz CT molecular complexity index is 3050. The van der Waals surface area contributed by atoms with Crippen LogP contribution in [0.3, 0.4) is 0 Å². The van der Waals surface area contributed by atoms with Gasteiger partial charge in [-0.15, -0.1) is 0 Å². The largest absolute Gasteiger partial charge is 0.436 e. The van der Waals surface area contributed by atoms with Gasteiger partial charge < -0.3 is 4.42 Å². The molecule has 3 aromatic heterocycles. The Morgan fingerprint density at radius 2 is 1.07 bits per heavy atom. The molecular weight excluding hydrogens is 675 g/mol. The molecule has 0 saturated heterocycles. The molecule has 55 heavy (non-hydrogen) atoms. The van der Waals surface area contributed by atoms with Gasteiger partial charge in [-0.2, -0.15) is 9.97 Å². The molecule has 1 aliphatic carbocycles. The molecule has 3 heterocycles. The number of hydrogen-bond acceptors (Lipinski definition) is 5. The molecule has 0 radical (unpaired) electrons. The maximum Gasteiger partial charge on any atom is 0.238 e. The predicted molar refractivity (Wildman–Crippen MR) is 221 cm³/mol. The van der Waals surface area contributed by atoms with Crippen molar-refractivity contribution in [3.8, 4) is 62.4 Å². The topological polar surface area (TPSA) is 69.6 Å². The third-order valence-electron chi connectivity index (χ3n) is 11.1. The highest BCUT2D eigenvalue weighted by molar-refractivity contribution is 6.10. The van der Waals surface area contributed by atoms with Crippen LogP contribution in [0.15, 0.2) is 168 Å². The van der Waals surface area contributed by atoms with Crippen molar-refractivity contribution in [1.82, 2.24) is 24.5 Å². The molecular formula is C49H33N5O. The highest BCUT2D eigenvalue weighted by atomic mass is 16.3. The molecule has 0 fully saturated rings. The van der Waals surface area contributed by atoms with Gasteiger partial charge in [-0.25, -0.2) is 9.97 Å². The number of rotatable bonds is 5. The summed E-state index contributed by atoms with van der Waals surface area (Å²) in [7, 11) is 0. The van der Waals surface area contributed by atoms with E-state index in [4.69, 9.17) is 24.4 Å². The third kappa shape index (κ3) is 4.88. The lowest BCUT2D eigenvalue weighted by Crippen LogP contribution is -2.15. The Labute approximate surface area is 317 Å². The Hall–Kier alpha value is -7.18. The molecule has 6 heteroatoms. The first kappa shape index (κ1) is 31.4. The van der Waals surface area contributed by atoms with Crippen molar-refractivity contribution in [2.75, 3.05) is 0 Å². The van der Waals surface area contributed by atoms with Crippen molar-refractivity contribution in [3.05, 3.63) is 175 Å². The van der Waals surface area contributed by atoms with E-state index in [1.165, 1.54) is 22.3 Å². The van der Waals surface area contributed by atoms with Gasteiger partial charge in [0.1, 0.15) is 5.52 Å². The second-order valence-electron chi connectivity index (χ2n) is 14.7. The number of fused-ring (bicyclic) bond motifs is 8. The van der Waals surface area contributed by atoms with Gasteiger partial charge in [-0.05, 0) is 75.8 Å². The smallest absolute Gasteiger partial charge is 0.238 e. The van der Waals surface area contributed by atoms with Crippen molar-refractivity contribution in [2.24, 2.45) is 0 Å². The second-order valence-corrected chi connectivity index (χ2v) is 14.7. The third-order valence-corrected chi connectivity index (χ3v) is 11.1. The lowest BCUT2D eigenvalue weighted by atomic mass is 9.81. The number of hydrogen-bond donors (Lipinski definition) is 0. The Morgan fingerprint density at radius 1 is 0.473 bits per heavy atom. The zero-order chi connectivity index (χ0) is 36.7. The van der Waals surface area contributed by atoms with Gasteiger partial charge in [0.15, 0.2) is 17.2 Å². The van der Waals surface area contributed by atoms with Crippen molar-refractivity contribution in [3.63, 3.8) is 0 Å². The monoisotopic (exact) mass is 707 g/mol. The fourth-order valence-corrected chi connectivity index (χ4v) is 8.45. The molecule has 0 saturated carbocycles. The van der Waals surface area contributed by atoms with Gasteiger partial charge in [-0.1, -0.05) is 135 Å². The minimum atomic E-state index is -0.243. The van der Waals surface area contributed by atoms with Gasteiger partial charge in [0.2, 0.25) is 11.8 Å². The van der Waals surface area contributed by atoms with E-state index < -0.39 is 0 Å². The van der Waals surface area contributed by atoms with E-state index in [0.29, 0.717) is 23.5 Å². The molecule has 0 atom stereocenters. The van der Waals surface area contributed by atoms with E-state index in [9.17, 15) is 0 Å². The molecule has 10 aromatic rings. The van der Waals surface area contributed by atoms with Crippen molar-refractivity contribution >= 4 is 32.9 Å². The van der Waals surface area contributed by atoms with E-state index >= 15 is 0 Å². The lowest BCUT2D eigenvalue weighted by Gasteiger charge is -2.21. The predicted octanol–water partition coefficient (Wildman–Crippen LogP) is 12.1. The van der Waals surface area contributed by atoms with Crippen LogP contribution in [0.2, 0.25) is 0 Å². The summed E-state index contributed by atoms with van der Waals surface area (Å²) in [6.45, 7) is 4.59. The van der Waals surface area contributed by atoms with Crippen LogP contribution >= 0.6 is 0 Å². The van der Waals surface area contributed by atoms with E-state index in [1.807, 2.05) is 91.0 Å². The number of nitrogens with zero attached hydrogens (tertiary/aromatic N) is 5. The number of oxazole rings is 1. The van der Waals surface area contributed by atoms with Crippen molar-refractivity contribution < 1.29 is 4.42 Å². The van der Waals surface area contributed by atoms with Crippen molar-refractivity contribution in [2.45, 2.75) is 19.3 Å². The molecule has 260 valence electrons. The summed E-state index contributed by atoms with van der Waals surface area (Å²) in [4.78, 5) is 20.2. The van der Waals surface area contributed by atoms with Gasteiger partial charge in [-0.3, -0.25) is 4.57 Å². The number of para-hydroxylation sites is 1. The highest BCUT2D eigenvalue weighted by Gasteiger charge is 2.38. The van der Waals surface area contributed by atoms with Crippen LogP contribution in [0.25, 0.3) is 95.3 Å². The summed E-state index contributed by atoms with van der Waals surface area (Å²) in [6.07, 6.45) is 0. The maximum absolute atomic E-state index is 6.31. The standard InChI is InChI=1S/C49H33N5O/c1-49(2)39-25-22-33(28-37(39)36-24-27-42-44(43(36)49)50-47(55-42)32-18-10-5-11-19-32)34-23-26-41-38(29-34)35-20-12-13-21-40(35)54(41)48-52-45(30-14-6-3-7-15-30)51-46(53-48)31-16-8-4-9-17-31/h3-29H,1-2H3. The summed E-state index contributed by atoms with van der Waals surface area (Å²) >= 11 is 0. The van der Waals surface area contributed by atoms with Crippen LogP contribution in [0, 0.1) is 0 Å². The molecule has 0 N–H and O–H groups in total. The second kappa shape index (κ2) is 11.9. The first-order valence-corrected chi connectivity index (χ1v) is 18.6. The molecule has 0 amide bonds. The molecule has 6 nitrogen and oxygen atoms in total. The maximum atomic E-state index is 6.31. The first-order chi connectivity index (χ1) is 27.0. The molecule has 0 bridgehead atoms. The average molecular weight is 708 g/mol. The summed E-state index contributed by atoms with van der Waals surface area (Å²) in [5, 5.41) is 2.27. The zero-order valence-corrected chi connectivity index (χ0v) is 30.2. The minimum Gasteiger partial charge on any atom is -0.436 e. The lowest BCUT2D eigenvalue weighted by molar-refractivity contribution is 0.619. The van der Waals surface area contributed by atoms with E-state index in [-0.39, 0.29) is 5.41 Å². The van der Waals surface area contributed by atoms with Crippen LogP contribution in [-0.4, -0.2) is 24.5 Å². The fourth-order valence-electron chi connectivity index (χ4n) is 8.45. The van der Waals surface area contributed by atoms with Gasteiger partial charge in [0.25, 0.3) is 0 Å². The highest BCUT2D eigenvalue weighted by Crippen LogP contribution is 2.52.